The van der Waals surface area contributed by atoms with Crippen LogP contribution >= 0.6 is 23.5 Å². The van der Waals surface area contributed by atoms with Crippen LogP contribution in [-0.4, -0.2) is 16.2 Å². The van der Waals surface area contributed by atoms with Gasteiger partial charge in [0.05, 0.1) is 15.6 Å². The number of rotatable bonds is 4. The summed E-state index contributed by atoms with van der Waals surface area (Å²) >= 11 is 7.47. The fraction of sp³-hybridized carbons (Fsp3) is 0.0500. The third kappa shape index (κ3) is 3.93. The molecule has 0 aromatic heterocycles. The molecule has 8 heteroatoms. The van der Waals surface area contributed by atoms with E-state index in [0.717, 1.165) is 4.90 Å². The summed E-state index contributed by atoms with van der Waals surface area (Å²) in [6.45, 7) is 0. The van der Waals surface area contributed by atoms with Crippen LogP contribution in [0.4, 0.5) is 5.69 Å². The third-order valence-corrected chi connectivity index (χ3v) is 5.14. The van der Waals surface area contributed by atoms with Crippen molar-refractivity contribution in [2.75, 3.05) is 5.32 Å². The van der Waals surface area contributed by atoms with Gasteiger partial charge in [-0.1, -0.05) is 60.1 Å². The van der Waals surface area contributed by atoms with Gasteiger partial charge in [-0.15, -0.1) is 0 Å². The van der Waals surface area contributed by atoms with Crippen LogP contribution in [0.1, 0.15) is 5.56 Å². The first kappa shape index (κ1) is 18.6. The van der Waals surface area contributed by atoms with Crippen molar-refractivity contribution in [3.05, 3.63) is 83.4 Å². The van der Waals surface area contributed by atoms with Crippen LogP contribution in [0.3, 0.4) is 0 Å². The summed E-state index contributed by atoms with van der Waals surface area (Å²) in [5.41, 5.74) is 0.899. The number of nitrogens with zero attached hydrogens (tertiary/aromatic N) is 1. The Morgan fingerprint density at radius 3 is 2.39 bits per heavy atom. The molecule has 0 radical (unpaired) electrons. The van der Waals surface area contributed by atoms with Gasteiger partial charge in [-0.05, 0) is 36.2 Å². The Balaban J connectivity index is 1.64. The molecular formula is C20H16ClN3O3S. The molecule has 0 amide bonds. The average molecular weight is 414 g/mol. The number of ether oxygens (including phenoxy) is 1. The van der Waals surface area contributed by atoms with Gasteiger partial charge >= 0.3 is 0 Å². The Morgan fingerprint density at radius 1 is 0.893 bits per heavy atom. The topological polar surface area (TPSA) is 86.1 Å². The molecule has 28 heavy (non-hydrogen) atoms. The van der Waals surface area contributed by atoms with Crippen molar-refractivity contribution < 1.29 is 14.9 Å². The maximum absolute atomic E-state index is 10.4. The number of hydrogen-bond donors (Lipinski definition) is 4. The van der Waals surface area contributed by atoms with E-state index in [2.05, 4.69) is 15.0 Å². The van der Waals surface area contributed by atoms with Gasteiger partial charge in [-0.2, -0.15) is 4.99 Å². The Labute approximate surface area is 171 Å². The van der Waals surface area contributed by atoms with E-state index >= 15 is 0 Å². The van der Waals surface area contributed by atoms with Crippen molar-refractivity contribution >= 4 is 35.2 Å². The lowest BCUT2D eigenvalue weighted by molar-refractivity contribution is -0.161. The molecule has 0 spiro atoms. The van der Waals surface area contributed by atoms with Gasteiger partial charge in [0, 0.05) is 5.56 Å². The molecular weight excluding hydrogens is 398 g/mol. The molecule has 0 atom stereocenters. The smallest absolute Gasteiger partial charge is 0.296 e. The molecule has 0 fully saturated rings. The lowest BCUT2D eigenvalue weighted by Crippen LogP contribution is -2.34. The lowest BCUT2D eigenvalue weighted by Gasteiger charge is -2.25. The Morgan fingerprint density at radius 2 is 1.61 bits per heavy atom. The minimum atomic E-state index is -2.38. The number of anilines is 1. The average Bonchev–Trinajstić information content (AvgIpc) is 2.70. The van der Waals surface area contributed by atoms with Crippen molar-refractivity contribution in [3.63, 3.8) is 0 Å². The second kappa shape index (κ2) is 7.73. The fourth-order valence-corrected chi connectivity index (χ4v) is 3.51. The summed E-state index contributed by atoms with van der Waals surface area (Å²) in [5.74, 6) is -1.15. The number of aliphatic imine (C=N–C) groups is 1. The highest BCUT2D eigenvalue weighted by atomic mass is 35.5. The summed E-state index contributed by atoms with van der Waals surface area (Å²) in [4.78, 5) is 4.87. The second-order valence-electron chi connectivity index (χ2n) is 5.95. The highest BCUT2D eigenvalue weighted by molar-refractivity contribution is 7.98. The monoisotopic (exact) mass is 413 g/mol. The number of para-hydroxylation sites is 2. The van der Waals surface area contributed by atoms with Gasteiger partial charge in [0.1, 0.15) is 5.75 Å². The standard InChI is InChI=1S/C20H16ClN3O3S/c21-14-9-4-5-10-15(14)27-16-11-6-12-17-18(16)22-19(24-28-17)23-20(25,26)13-7-2-1-3-8-13/h1-12,25-26H,(H2,22,23,24). The molecule has 0 saturated heterocycles. The van der Waals surface area contributed by atoms with E-state index in [1.54, 1.807) is 48.5 Å². The molecule has 0 aliphatic carbocycles. The van der Waals surface area contributed by atoms with Gasteiger partial charge in [0.2, 0.25) is 5.96 Å². The number of benzene rings is 3. The van der Waals surface area contributed by atoms with E-state index in [1.165, 1.54) is 11.9 Å². The maximum atomic E-state index is 10.4. The van der Waals surface area contributed by atoms with Crippen LogP contribution in [0.15, 0.2) is 82.7 Å². The number of aliphatic hydroxyl groups is 2. The lowest BCUT2D eigenvalue weighted by atomic mass is 10.2. The van der Waals surface area contributed by atoms with Gasteiger partial charge in [0.15, 0.2) is 5.75 Å². The Hall–Kier alpha value is -2.71. The normalized spacial score (nSPS) is 14.8. The van der Waals surface area contributed by atoms with E-state index in [-0.39, 0.29) is 11.5 Å². The zero-order valence-corrected chi connectivity index (χ0v) is 16.0. The number of hydrogen-bond acceptors (Lipinski definition) is 5. The summed E-state index contributed by atoms with van der Waals surface area (Å²) in [5, 5.41) is 24.3. The molecule has 0 unspecified atom stereocenters. The Bertz CT molecular complexity index is 1030. The predicted molar refractivity (Wildman–Crippen MR) is 111 cm³/mol. The number of fused-ring (bicyclic) bond motifs is 1. The first-order valence-electron chi connectivity index (χ1n) is 8.38. The van der Waals surface area contributed by atoms with Crippen LogP contribution in [0.2, 0.25) is 5.02 Å². The third-order valence-electron chi connectivity index (χ3n) is 3.97. The van der Waals surface area contributed by atoms with Crippen LogP contribution in [0.5, 0.6) is 11.5 Å². The number of nitrogens with one attached hydrogen (secondary N) is 2. The first-order chi connectivity index (χ1) is 13.5. The zero-order valence-electron chi connectivity index (χ0n) is 14.5. The van der Waals surface area contributed by atoms with Crippen LogP contribution in [-0.2, 0) is 5.91 Å². The van der Waals surface area contributed by atoms with E-state index < -0.39 is 5.91 Å². The summed E-state index contributed by atoms with van der Waals surface area (Å²) < 4.78 is 8.91. The minimum Gasteiger partial charge on any atom is -0.454 e. The molecule has 1 heterocycles. The van der Waals surface area contributed by atoms with Gasteiger partial charge in [-0.25, -0.2) is 0 Å². The van der Waals surface area contributed by atoms with E-state index in [0.29, 0.717) is 22.2 Å². The molecule has 0 bridgehead atoms. The quantitative estimate of drug-likeness (QED) is 0.377. The van der Waals surface area contributed by atoms with E-state index in [1.807, 2.05) is 24.3 Å². The fourth-order valence-electron chi connectivity index (χ4n) is 2.63. The molecule has 3 aromatic rings. The van der Waals surface area contributed by atoms with Crippen molar-refractivity contribution in [2.45, 2.75) is 10.8 Å². The van der Waals surface area contributed by atoms with E-state index in [4.69, 9.17) is 16.3 Å². The minimum absolute atomic E-state index is 0.182. The summed E-state index contributed by atoms with van der Waals surface area (Å²) in [7, 11) is 0. The van der Waals surface area contributed by atoms with Crippen molar-refractivity contribution in [1.29, 1.82) is 0 Å². The first-order valence-corrected chi connectivity index (χ1v) is 9.58. The maximum Gasteiger partial charge on any atom is 0.296 e. The SMILES string of the molecule is OC(O)(/N=C1\NSc2cccc(Oc3ccccc3Cl)c2N1)c1ccccc1. The van der Waals surface area contributed by atoms with Gasteiger partial charge < -0.3 is 20.3 Å². The number of halogens is 1. The second-order valence-corrected chi connectivity index (χ2v) is 7.21. The molecule has 1 aliphatic rings. The largest absolute Gasteiger partial charge is 0.454 e. The molecule has 142 valence electrons. The summed E-state index contributed by atoms with van der Waals surface area (Å²) in [6.07, 6.45) is 0. The Kier molecular flexibility index (Phi) is 5.15. The van der Waals surface area contributed by atoms with Crippen molar-refractivity contribution in [3.8, 4) is 11.5 Å². The molecule has 3 aromatic carbocycles. The molecule has 0 saturated carbocycles. The van der Waals surface area contributed by atoms with Crippen LogP contribution in [0.25, 0.3) is 0 Å². The van der Waals surface area contributed by atoms with Crippen LogP contribution in [0, 0.1) is 0 Å². The molecule has 4 N–H and O–H groups in total. The van der Waals surface area contributed by atoms with Crippen LogP contribution < -0.4 is 14.8 Å². The predicted octanol–water partition coefficient (Wildman–Crippen LogP) is 4.31. The van der Waals surface area contributed by atoms with Gasteiger partial charge in [0.25, 0.3) is 5.91 Å². The molecule has 6 nitrogen and oxygen atoms in total. The van der Waals surface area contributed by atoms with Crippen molar-refractivity contribution in [1.82, 2.24) is 4.72 Å². The zero-order chi connectivity index (χ0) is 19.6. The van der Waals surface area contributed by atoms with E-state index in [9.17, 15) is 10.2 Å². The highest BCUT2D eigenvalue weighted by Crippen LogP contribution is 2.40. The molecule has 1 aliphatic heterocycles. The highest BCUT2D eigenvalue weighted by Gasteiger charge is 2.28. The summed E-state index contributed by atoms with van der Waals surface area (Å²) in [6, 6.07) is 21.1. The molecule has 4 rings (SSSR count). The van der Waals surface area contributed by atoms with Crippen molar-refractivity contribution in [2.24, 2.45) is 4.99 Å². The number of guanidine groups is 1. The van der Waals surface area contributed by atoms with Gasteiger partial charge in [-0.3, -0.25) is 4.72 Å².